The first-order chi connectivity index (χ1) is 11.8. The third kappa shape index (κ3) is 3.82. The third-order valence-electron chi connectivity index (χ3n) is 5.02. The van der Waals surface area contributed by atoms with Crippen molar-refractivity contribution in [3.63, 3.8) is 0 Å². The minimum atomic E-state index is -3.41. The lowest BCUT2D eigenvalue weighted by Gasteiger charge is -2.29. The van der Waals surface area contributed by atoms with Crippen LogP contribution in [0.4, 0.5) is 0 Å². The van der Waals surface area contributed by atoms with E-state index in [0.29, 0.717) is 30.0 Å². The number of phenols is 1. The summed E-state index contributed by atoms with van der Waals surface area (Å²) in [5.41, 5.74) is 1.15. The molecule has 0 aromatic heterocycles. The van der Waals surface area contributed by atoms with E-state index in [9.17, 15) is 18.6 Å². The average molecular weight is 382 g/mol. The first-order valence-corrected chi connectivity index (χ1v) is 10.5. The lowest BCUT2D eigenvalue weighted by molar-refractivity contribution is 0.215. The zero-order valence-electron chi connectivity index (χ0n) is 16.6. The van der Waals surface area contributed by atoms with Crippen molar-refractivity contribution in [2.24, 2.45) is 0 Å². The van der Waals surface area contributed by atoms with Gasteiger partial charge in [0.05, 0.1) is 11.5 Å². The minimum absolute atomic E-state index is 0.119. The Morgan fingerprint density at radius 3 is 2.19 bits per heavy atom. The van der Waals surface area contributed by atoms with E-state index >= 15 is 0 Å². The lowest BCUT2D eigenvalue weighted by Crippen LogP contribution is -2.24. The first-order valence-electron chi connectivity index (χ1n) is 9.04. The van der Waals surface area contributed by atoms with Gasteiger partial charge in [0.25, 0.3) is 0 Å². The van der Waals surface area contributed by atoms with Crippen molar-refractivity contribution >= 4 is 16.1 Å². The first kappa shape index (κ1) is 20.9. The summed E-state index contributed by atoms with van der Waals surface area (Å²) in [6, 6.07) is 3.64. The molecule has 1 heterocycles. The topological polar surface area (TPSA) is 77.8 Å². The molecule has 0 bridgehead atoms. The number of hydrogen-bond donors (Lipinski definition) is 2. The van der Waals surface area contributed by atoms with E-state index in [1.807, 2.05) is 47.6 Å². The molecule has 146 valence electrons. The van der Waals surface area contributed by atoms with Crippen LogP contribution in [-0.4, -0.2) is 42.6 Å². The summed E-state index contributed by atoms with van der Waals surface area (Å²) in [4.78, 5) is 0.401. The molecule has 0 unspecified atom stereocenters. The van der Waals surface area contributed by atoms with Gasteiger partial charge in [0.2, 0.25) is 10.0 Å². The number of nitrogens with zero attached hydrogens (tertiary/aromatic N) is 1. The van der Waals surface area contributed by atoms with E-state index in [1.54, 1.807) is 12.1 Å². The lowest BCUT2D eigenvalue weighted by atomic mass is 9.78. The van der Waals surface area contributed by atoms with Gasteiger partial charge < -0.3 is 10.2 Å². The molecule has 1 fully saturated rings. The number of hydrogen-bond acceptors (Lipinski definition) is 4. The number of aromatic hydroxyl groups is 1. The van der Waals surface area contributed by atoms with E-state index < -0.39 is 15.4 Å². The van der Waals surface area contributed by atoms with Crippen LogP contribution in [0.15, 0.2) is 17.0 Å². The van der Waals surface area contributed by atoms with Crippen molar-refractivity contribution in [2.75, 3.05) is 19.7 Å². The average Bonchev–Trinajstić information content (AvgIpc) is 2.81. The maximum absolute atomic E-state index is 12.6. The highest BCUT2D eigenvalue weighted by Gasteiger charge is 2.33. The quantitative estimate of drug-likeness (QED) is 0.838. The molecule has 1 aromatic rings. The highest BCUT2D eigenvalue weighted by atomic mass is 32.2. The smallest absolute Gasteiger partial charge is 0.239 e. The van der Waals surface area contributed by atoms with Crippen LogP contribution in [0.1, 0.15) is 64.7 Å². The summed E-state index contributed by atoms with van der Waals surface area (Å²) in [5.74, 6) is 0.170. The van der Waals surface area contributed by atoms with Gasteiger partial charge >= 0.3 is 0 Å². The summed E-state index contributed by atoms with van der Waals surface area (Å²) in [6.07, 6.45) is 2.19. The second kappa shape index (κ2) is 6.98. The maximum Gasteiger partial charge on any atom is 0.239 e. The molecule has 1 saturated heterocycles. The molecule has 1 aliphatic heterocycles. The largest absolute Gasteiger partial charge is 0.507 e. The van der Waals surface area contributed by atoms with Gasteiger partial charge in [0.15, 0.2) is 0 Å². The molecule has 6 heteroatoms. The molecule has 2 N–H and O–H groups in total. The fraction of sp³-hybridized carbons (Fsp3) is 0.600. The maximum atomic E-state index is 12.6. The Morgan fingerprint density at radius 1 is 1.15 bits per heavy atom. The van der Waals surface area contributed by atoms with Crippen LogP contribution in [0.3, 0.4) is 0 Å². The number of sulfonamides is 1. The second-order valence-electron chi connectivity index (χ2n) is 8.61. The van der Waals surface area contributed by atoms with Crippen LogP contribution < -0.4 is 0 Å². The van der Waals surface area contributed by atoms with Gasteiger partial charge in [0, 0.05) is 29.6 Å². The predicted octanol–water partition coefficient (Wildman–Crippen LogP) is 3.36. The van der Waals surface area contributed by atoms with Crippen LogP contribution in [0.5, 0.6) is 5.75 Å². The Morgan fingerprint density at radius 2 is 1.73 bits per heavy atom. The third-order valence-corrected chi connectivity index (χ3v) is 7.13. The summed E-state index contributed by atoms with van der Waals surface area (Å²) in [5, 5.41) is 20.6. The fourth-order valence-electron chi connectivity index (χ4n) is 3.22. The number of aliphatic hydroxyl groups is 1. The van der Waals surface area contributed by atoms with Gasteiger partial charge in [-0.25, -0.2) is 8.42 Å². The molecule has 0 saturated carbocycles. The monoisotopic (exact) mass is 381 g/mol. The zero-order chi connectivity index (χ0) is 19.9. The Kier molecular flexibility index (Phi) is 5.62. The molecule has 0 amide bonds. The number of benzene rings is 1. The van der Waals surface area contributed by atoms with E-state index in [2.05, 4.69) is 0 Å². The molecular formula is C20H31NO4S. The van der Waals surface area contributed by atoms with Crippen molar-refractivity contribution in [3.05, 3.63) is 33.7 Å². The molecule has 2 rings (SSSR count). The number of aliphatic hydroxyl groups excluding tert-OH is 1. The standard InChI is InChI=1S/C20H31NO4S/c1-7-21-9-8-15(26(21,24)25)10-14-11-16(19(2,3)4)18(23)17(12-14)20(5,6)13-22/h10-12,22-23H,7-9,13H2,1-6H3/b15-10+. The minimum Gasteiger partial charge on any atom is -0.507 e. The molecule has 0 spiro atoms. The molecule has 26 heavy (non-hydrogen) atoms. The van der Waals surface area contributed by atoms with Crippen molar-refractivity contribution in [1.29, 1.82) is 0 Å². The number of rotatable bonds is 4. The zero-order valence-corrected chi connectivity index (χ0v) is 17.4. The van der Waals surface area contributed by atoms with Gasteiger partial charge in [0.1, 0.15) is 5.75 Å². The molecule has 0 aliphatic carbocycles. The highest BCUT2D eigenvalue weighted by molar-refractivity contribution is 7.93. The van der Waals surface area contributed by atoms with Crippen molar-refractivity contribution in [1.82, 2.24) is 4.31 Å². The van der Waals surface area contributed by atoms with E-state index in [1.165, 1.54) is 4.31 Å². The second-order valence-corrected chi connectivity index (χ2v) is 10.6. The Labute approximate surface area is 157 Å². The number of phenolic OH excluding ortho intramolecular Hbond substituents is 1. The summed E-state index contributed by atoms with van der Waals surface area (Å²) < 4.78 is 26.6. The van der Waals surface area contributed by atoms with Gasteiger partial charge in [-0.2, -0.15) is 4.31 Å². The normalized spacial score (nSPS) is 20.0. The predicted molar refractivity (Wildman–Crippen MR) is 106 cm³/mol. The van der Waals surface area contributed by atoms with Crippen molar-refractivity contribution < 1.29 is 18.6 Å². The molecule has 1 aromatic carbocycles. The van der Waals surface area contributed by atoms with Crippen LogP contribution in [0.2, 0.25) is 0 Å². The van der Waals surface area contributed by atoms with E-state index in [0.717, 1.165) is 11.1 Å². The van der Waals surface area contributed by atoms with Gasteiger partial charge in [-0.05, 0) is 35.6 Å². The van der Waals surface area contributed by atoms with E-state index in [4.69, 9.17) is 0 Å². The molecule has 1 aliphatic rings. The Balaban J connectivity index is 2.68. The highest BCUT2D eigenvalue weighted by Crippen LogP contribution is 2.40. The fourth-order valence-corrected chi connectivity index (χ4v) is 4.86. The van der Waals surface area contributed by atoms with Gasteiger partial charge in [-0.15, -0.1) is 0 Å². The Bertz CT molecular complexity index is 817. The van der Waals surface area contributed by atoms with Crippen LogP contribution in [-0.2, 0) is 20.9 Å². The summed E-state index contributed by atoms with van der Waals surface area (Å²) in [7, 11) is -3.41. The summed E-state index contributed by atoms with van der Waals surface area (Å²) >= 11 is 0. The van der Waals surface area contributed by atoms with E-state index in [-0.39, 0.29) is 17.8 Å². The van der Waals surface area contributed by atoms with Crippen LogP contribution in [0.25, 0.3) is 6.08 Å². The Hall–Kier alpha value is -1.37. The van der Waals surface area contributed by atoms with Crippen molar-refractivity contribution in [2.45, 2.75) is 58.8 Å². The molecule has 0 atom stereocenters. The van der Waals surface area contributed by atoms with Gasteiger partial charge in [-0.1, -0.05) is 41.5 Å². The molecular weight excluding hydrogens is 350 g/mol. The van der Waals surface area contributed by atoms with Crippen LogP contribution in [0, 0.1) is 0 Å². The van der Waals surface area contributed by atoms with Crippen molar-refractivity contribution in [3.8, 4) is 5.75 Å². The molecule has 5 nitrogen and oxygen atoms in total. The SMILES string of the molecule is CCN1CC/C(=C\c2cc(C(C)(C)C)c(O)c(C(C)(C)CO)c2)S1(=O)=O. The summed E-state index contributed by atoms with van der Waals surface area (Å²) in [6.45, 7) is 12.4. The molecule has 0 radical (unpaired) electrons. The van der Waals surface area contributed by atoms with Gasteiger partial charge in [-0.3, -0.25) is 0 Å². The van der Waals surface area contributed by atoms with Crippen LogP contribution >= 0.6 is 0 Å².